The number of nitrogens with one attached hydrogen (secondary N) is 1. The molecule has 3 aromatic rings. The number of benzene rings is 2. The van der Waals surface area contributed by atoms with Gasteiger partial charge in [0.05, 0.1) is 12.8 Å². The molecule has 0 amide bonds. The normalized spacial score (nSPS) is 13.2. The van der Waals surface area contributed by atoms with E-state index in [9.17, 15) is 0 Å². The molecule has 154 valence electrons. The number of aliphatic imine (C=N–C) groups is 1. The largest absolute Gasteiger partial charge is 0.493 e. The van der Waals surface area contributed by atoms with Crippen molar-refractivity contribution in [2.75, 3.05) is 26.6 Å². The highest BCUT2D eigenvalue weighted by Crippen LogP contribution is 2.41. The van der Waals surface area contributed by atoms with Gasteiger partial charge >= 0.3 is 0 Å². The number of rotatable bonds is 5. The van der Waals surface area contributed by atoms with Gasteiger partial charge in [-0.25, -0.2) is 4.99 Å². The lowest BCUT2D eigenvalue weighted by atomic mass is 10.1. The maximum absolute atomic E-state index is 8.42. The summed E-state index contributed by atoms with van der Waals surface area (Å²) in [5.41, 5.74) is 2.75. The summed E-state index contributed by atoms with van der Waals surface area (Å²) in [4.78, 5) is 8.95. The molecule has 2 aromatic carbocycles. The molecule has 0 atom stereocenters. The molecule has 1 aromatic heterocycles. The molecule has 1 aliphatic rings. The predicted molar refractivity (Wildman–Crippen MR) is 116 cm³/mol. The Morgan fingerprint density at radius 2 is 1.93 bits per heavy atom. The van der Waals surface area contributed by atoms with Gasteiger partial charge in [-0.1, -0.05) is 5.16 Å². The lowest BCUT2D eigenvalue weighted by Crippen LogP contribution is -2.18. The molecule has 0 saturated heterocycles. The predicted octanol–water partition coefficient (Wildman–Crippen LogP) is 4.29. The Morgan fingerprint density at radius 1 is 1.17 bits per heavy atom. The summed E-state index contributed by atoms with van der Waals surface area (Å²) in [6.45, 7) is 2.68. The standard InChI is InChI=1S/C21H20N4O4S/c1-12-23-21(25-29-12)13-4-6-15(7-5-13)24-18(20(22)30-3)14-10-16(26-2)19-17(11-14)27-8-9-28-19/h4-7,10-11,22H,8-9H2,1-3H3. The van der Waals surface area contributed by atoms with Crippen LogP contribution in [-0.4, -0.2) is 47.5 Å². The van der Waals surface area contributed by atoms with Crippen LogP contribution in [0, 0.1) is 12.3 Å². The van der Waals surface area contributed by atoms with Gasteiger partial charge in [-0.2, -0.15) is 4.98 Å². The molecule has 9 heteroatoms. The van der Waals surface area contributed by atoms with E-state index in [-0.39, 0.29) is 0 Å². The third-order valence-corrected chi connectivity index (χ3v) is 5.02. The van der Waals surface area contributed by atoms with E-state index in [0.29, 0.717) is 64.2 Å². The monoisotopic (exact) mass is 424 g/mol. The Kier molecular flexibility index (Phi) is 5.71. The summed E-state index contributed by atoms with van der Waals surface area (Å²) in [5.74, 6) is 2.74. The minimum Gasteiger partial charge on any atom is -0.493 e. The molecule has 0 saturated carbocycles. The van der Waals surface area contributed by atoms with Crippen molar-refractivity contribution in [2.24, 2.45) is 4.99 Å². The van der Waals surface area contributed by atoms with Crippen LogP contribution in [0.25, 0.3) is 11.4 Å². The van der Waals surface area contributed by atoms with Crippen molar-refractivity contribution in [1.82, 2.24) is 10.1 Å². The molecule has 2 heterocycles. The van der Waals surface area contributed by atoms with Crippen molar-refractivity contribution in [3.05, 3.63) is 47.9 Å². The van der Waals surface area contributed by atoms with Crippen LogP contribution in [0.3, 0.4) is 0 Å². The molecule has 1 N–H and O–H groups in total. The van der Waals surface area contributed by atoms with Crippen molar-refractivity contribution in [2.45, 2.75) is 6.92 Å². The zero-order valence-corrected chi connectivity index (χ0v) is 17.6. The smallest absolute Gasteiger partial charge is 0.223 e. The second-order valence-corrected chi connectivity index (χ2v) is 7.20. The highest BCUT2D eigenvalue weighted by molar-refractivity contribution is 8.15. The van der Waals surface area contributed by atoms with Crippen molar-refractivity contribution < 1.29 is 18.7 Å². The first-order valence-electron chi connectivity index (χ1n) is 9.19. The molecule has 0 aliphatic carbocycles. The number of aromatic nitrogens is 2. The summed E-state index contributed by atoms with van der Waals surface area (Å²) in [6, 6.07) is 11.1. The number of fused-ring (bicyclic) bond motifs is 1. The van der Waals surface area contributed by atoms with Crippen LogP contribution >= 0.6 is 11.8 Å². The first kappa shape index (κ1) is 20.0. The van der Waals surface area contributed by atoms with Gasteiger partial charge in [0.15, 0.2) is 11.5 Å². The average molecular weight is 424 g/mol. The second-order valence-electron chi connectivity index (χ2n) is 6.38. The molecule has 8 nitrogen and oxygen atoms in total. The third kappa shape index (κ3) is 4.02. The molecule has 0 bridgehead atoms. The zero-order valence-electron chi connectivity index (χ0n) is 16.8. The molecule has 1 aliphatic heterocycles. The van der Waals surface area contributed by atoms with Crippen LogP contribution < -0.4 is 14.2 Å². The van der Waals surface area contributed by atoms with E-state index in [1.807, 2.05) is 42.7 Å². The summed E-state index contributed by atoms with van der Waals surface area (Å²) in [5, 5.41) is 12.7. The van der Waals surface area contributed by atoms with E-state index < -0.39 is 0 Å². The van der Waals surface area contributed by atoms with Crippen molar-refractivity contribution >= 4 is 28.2 Å². The van der Waals surface area contributed by atoms with Crippen LogP contribution in [0.4, 0.5) is 5.69 Å². The maximum Gasteiger partial charge on any atom is 0.223 e. The van der Waals surface area contributed by atoms with Gasteiger partial charge in [-0.3, -0.25) is 5.41 Å². The van der Waals surface area contributed by atoms with Gasteiger partial charge < -0.3 is 18.7 Å². The Hall–Kier alpha value is -3.33. The van der Waals surface area contributed by atoms with Crippen LogP contribution in [0.15, 0.2) is 45.9 Å². The molecular weight excluding hydrogens is 404 g/mol. The minimum absolute atomic E-state index is 0.326. The van der Waals surface area contributed by atoms with Gasteiger partial charge in [-0.05, 0) is 42.7 Å². The number of hydrogen-bond donors (Lipinski definition) is 1. The quantitative estimate of drug-likeness (QED) is 0.481. The van der Waals surface area contributed by atoms with E-state index in [2.05, 4.69) is 10.1 Å². The molecular formula is C21H20N4O4S. The number of methoxy groups -OCH3 is 1. The fourth-order valence-electron chi connectivity index (χ4n) is 2.98. The summed E-state index contributed by atoms with van der Waals surface area (Å²) >= 11 is 1.31. The Labute approximate surface area is 177 Å². The number of thioether (sulfide) groups is 1. The Balaban J connectivity index is 1.73. The van der Waals surface area contributed by atoms with Gasteiger partial charge in [0.25, 0.3) is 0 Å². The topological polar surface area (TPSA) is 103 Å². The molecule has 0 radical (unpaired) electrons. The third-order valence-electron chi connectivity index (χ3n) is 4.41. The minimum atomic E-state index is 0.326. The fraction of sp³-hybridized carbons (Fsp3) is 0.238. The first-order chi connectivity index (χ1) is 14.6. The van der Waals surface area contributed by atoms with Crippen molar-refractivity contribution in [3.8, 4) is 28.6 Å². The van der Waals surface area contributed by atoms with E-state index in [0.717, 1.165) is 5.56 Å². The number of hydrogen-bond acceptors (Lipinski definition) is 9. The van der Waals surface area contributed by atoms with Gasteiger partial charge in [0.1, 0.15) is 24.0 Å². The van der Waals surface area contributed by atoms with Crippen LogP contribution in [0.1, 0.15) is 11.5 Å². The first-order valence-corrected chi connectivity index (χ1v) is 10.4. The second kappa shape index (κ2) is 8.58. The lowest BCUT2D eigenvalue weighted by molar-refractivity contribution is 0.165. The number of aryl methyl sites for hydroxylation is 1. The lowest BCUT2D eigenvalue weighted by Gasteiger charge is -2.21. The SMILES string of the molecule is COc1cc(C(=Nc2ccc(-c3noc(C)n3)cc2)C(=N)SC)cc2c1OCCO2. The van der Waals surface area contributed by atoms with E-state index in [4.69, 9.17) is 29.1 Å². The van der Waals surface area contributed by atoms with E-state index >= 15 is 0 Å². The van der Waals surface area contributed by atoms with Crippen molar-refractivity contribution in [3.63, 3.8) is 0 Å². The molecule has 0 unspecified atom stereocenters. The van der Waals surface area contributed by atoms with Crippen LogP contribution in [-0.2, 0) is 0 Å². The number of nitrogens with zero attached hydrogens (tertiary/aromatic N) is 3. The average Bonchev–Trinajstić information content (AvgIpc) is 3.22. The highest BCUT2D eigenvalue weighted by atomic mass is 32.2. The summed E-state index contributed by atoms with van der Waals surface area (Å²) in [6.07, 6.45) is 1.84. The Morgan fingerprint density at radius 3 is 2.60 bits per heavy atom. The molecule has 4 rings (SSSR count). The van der Waals surface area contributed by atoms with Gasteiger partial charge in [-0.15, -0.1) is 11.8 Å². The highest BCUT2D eigenvalue weighted by Gasteiger charge is 2.21. The molecule has 0 fully saturated rings. The zero-order chi connectivity index (χ0) is 21.1. The number of ether oxygens (including phenoxy) is 3. The molecule has 30 heavy (non-hydrogen) atoms. The van der Waals surface area contributed by atoms with E-state index in [1.54, 1.807) is 14.0 Å². The molecule has 0 spiro atoms. The van der Waals surface area contributed by atoms with Crippen molar-refractivity contribution in [1.29, 1.82) is 5.41 Å². The maximum atomic E-state index is 8.42. The van der Waals surface area contributed by atoms with E-state index in [1.165, 1.54) is 11.8 Å². The summed E-state index contributed by atoms with van der Waals surface area (Å²) in [7, 11) is 1.58. The fourth-order valence-corrected chi connectivity index (χ4v) is 3.34. The van der Waals surface area contributed by atoms with Crippen LogP contribution in [0.5, 0.6) is 17.2 Å². The van der Waals surface area contributed by atoms with Gasteiger partial charge in [0.2, 0.25) is 17.5 Å². The van der Waals surface area contributed by atoms with Crippen LogP contribution in [0.2, 0.25) is 0 Å². The Bertz CT molecular complexity index is 1090. The van der Waals surface area contributed by atoms with Gasteiger partial charge in [0, 0.05) is 18.1 Å². The summed E-state index contributed by atoms with van der Waals surface area (Å²) < 4.78 is 21.9.